The summed E-state index contributed by atoms with van der Waals surface area (Å²) in [5, 5.41) is 5.58. The number of hydrogen-bond donors (Lipinski definition) is 2. The van der Waals surface area contributed by atoms with Gasteiger partial charge in [0.25, 0.3) is 0 Å². The molecule has 0 heterocycles. The molecule has 4 nitrogen and oxygen atoms in total. The van der Waals surface area contributed by atoms with Crippen molar-refractivity contribution in [3.05, 3.63) is 59.4 Å². The zero-order chi connectivity index (χ0) is 19.5. The van der Waals surface area contributed by atoms with Crippen LogP contribution in [0.1, 0.15) is 44.7 Å². The number of nitrogens with one attached hydrogen (secondary N) is 2. The maximum absolute atomic E-state index is 13.0. The summed E-state index contributed by atoms with van der Waals surface area (Å²) in [6.07, 6.45) is 0. The summed E-state index contributed by atoms with van der Waals surface area (Å²) >= 11 is 0. The molecule has 0 aliphatic carbocycles. The van der Waals surface area contributed by atoms with E-state index in [2.05, 4.69) is 24.5 Å². The number of anilines is 2. The van der Waals surface area contributed by atoms with Gasteiger partial charge in [0, 0.05) is 11.4 Å². The zero-order valence-electron chi connectivity index (χ0n) is 15.8. The second kappa shape index (κ2) is 7.68. The van der Waals surface area contributed by atoms with E-state index in [0.717, 1.165) is 16.8 Å². The highest BCUT2D eigenvalue weighted by Gasteiger charge is 2.36. The van der Waals surface area contributed by atoms with E-state index in [1.54, 1.807) is 13.8 Å². The monoisotopic (exact) mass is 356 g/mol. The Balaban J connectivity index is 2.20. The fourth-order valence-electron chi connectivity index (χ4n) is 2.54. The van der Waals surface area contributed by atoms with Crippen LogP contribution in [0.15, 0.2) is 42.5 Å². The van der Waals surface area contributed by atoms with Crippen LogP contribution in [0, 0.1) is 18.2 Å². The molecule has 26 heavy (non-hydrogen) atoms. The number of amides is 2. The molecule has 0 aromatic heterocycles. The number of benzene rings is 2. The van der Waals surface area contributed by atoms with Crippen molar-refractivity contribution in [2.24, 2.45) is 5.41 Å². The standard InChI is InChI=1S/C21H25FN2O2/c1-13(2)17-8-6-7-14(3)18(17)24-20(26)21(4,5)19(25)23-16-11-9-15(22)10-12-16/h6-13H,1-5H3,(H,23,25)(H,24,26). The Labute approximate surface area is 153 Å². The van der Waals surface area contributed by atoms with Gasteiger partial charge in [0.05, 0.1) is 0 Å². The van der Waals surface area contributed by atoms with Crippen LogP contribution in [-0.4, -0.2) is 11.8 Å². The third-order valence-electron chi connectivity index (χ3n) is 4.40. The van der Waals surface area contributed by atoms with Crippen molar-refractivity contribution in [1.29, 1.82) is 0 Å². The Morgan fingerprint density at radius 2 is 1.54 bits per heavy atom. The van der Waals surface area contributed by atoms with Crippen molar-refractivity contribution >= 4 is 23.2 Å². The van der Waals surface area contributed by atoms with E-state index in [-0.39, 0.29) is 11.7 Å². The molecule has 0 bridgehead atoms. The number of halogens is 1. The molecule has 0 fully saturated rings. The average Bonchev–Trinajstić information content (AvgIpc) is 2.58. The van der Waals surface area contributed by atoms with Crippen LogP contribution in [-0.2, 0) is 9.59 Å². The van der Waals surface area contributed by atoms with Crippen LogP contribution in [0.3, 0.4) is 0 Å². The molecule has 0 atom stereocenters. The summed E-state index contributed by atoms with van der Waals surface area (Å²) in [7, 11) is 0. The molecular weight excluding hydrogens is 331 g/mol. The van der Waals surface area contributed by atoms with E-state index in [0.29, 0.717) is 5.69 Å². The zero-order valence-corrected chi connectivity index (χ0v) is 15.8. The Kier molecular flexibility index (Phi) is 5.80. The summed E-state index contributed by atoms with van der Waals surface area (Å²) in [4.78, 5) is 25.4. The largest absolute Gasteiger partial charge is 0.325 e. The lowest BCUT2D eigenvalue weighted by atomic mass is 9.90. The molecule has 0 unspecified atom stereocenters. The molecule has 0 aliphatic heterocycles. The molecule has 5 heteroatoms. The Morgan fingerprint density at radius 3 is 2.12 bits per heavy atom. The van der Waals surface area contributed by atoms with Gasteiger partial charge >= 0.3 is 0 Å². The second-order valence-electron chi connectivity index (χ2n) is 7.23. The van der Waals surface area contributed by atoms with Crippen LogP contribution in [0.5, 0.6) is 0 Å². The van der Waals surface area contributed by atoms with Crippen LogP contribution < -0.4 is 10.6 Å². The van der Waals surface area contributed by atoms with Gasteiger partial charge in [-0.25, -0.2) is 4.39 Å². The van der Waals surface area contributed by atoms with Crippen molar-refractivity contribution in [3.63, 3.8) is 0 Å². The van der Waals surface area contributed by atoms with Crippen LogP contribution >= 0.6 is 0 Å². The van der Waals surface area contributed by atoms with Crippen LogP contribution in [0.25, 0.3) is 0 Å². The minimum Gasteiger partial charge on any atom is -0.325 e. The second-order valence-corrected chi connectivity index (χ2v) is 7.23. The fraction of sp³-hybridized carbons (Fsp3) is 0.333. The summed E-state index contributed by atoms with van der Waals surface area (Å²) in [6, 6.07) is 11.3. The van der Waals surface area contributed by atoms with Gasteiger partial charge in [0.15, 0.2) is 0 Å². The molecule has 2 amide bonds. The number of hydrogen-bond acceptors (Lipinski definition) is 2. The van der Waals surface area contributed by atoms with E-state index in [9.17, 15) is 14.0 Å². The maximum atomic E-state index is 13.0. The molecule has 2 aromatic carbocycles. The smallest absolute Gasteiger partial charge is 0.239 e. The van der Waals surface area contributed by atoms with Crippen molar-refractivity contribution in [2.75, 3.05) is 10.6 Å². The van der Waals surface area contributed by atoms with E-state index in [1.807, 2.05) is 25.1 Å². The first kappa shape index (κ1) is 19.6. The maximum Gasteiger partial charge on any atom is 0.239 e. The number of aryl methyl sites for hydroxylation is 1. The van der Waals surface area contributed by atoms with E-state index < -0.39 is 17.2 Å². The first-order chi connectivity index (χ1) is 12.1. The highest BCUT2D eigenvalue weighted by Crippen LogP contribution is 2.29. The summed E-state index contributed by atoms with van der Waals surface area (Å²) in [5.41, 5.74) is 1.85. The first-order valence-electron chi connectivity index (χ1n) is 8.61. The average molecular weight is 356 g/mol. The van der Waals surface area contributed by atoms with Gasteiger partial charge < -0.3 is 10.6 Å². The lowest BCUT2D eigenvalue weighted by molar-refractivity contribution is -0.135. The van der Waals surface area contributed by atoms with Crippen molar-refractivity contribution in [2.45, 2.75) is 40.5 Å². The molecule has 0 saturated carbocycles. The molecular formula is C21H25FN2O2. The van der Waals surface area contributed by atoms with Crippen molar-refractivity contribution in [3.8, 4) is 0 Å². The summed E-state index contributed by atoms with van der Waals surface area (Å²) in [6.45, 7) is 9.16. The molecule has 2 rings (SSSR count). The summed E-state index contributed by atoms with van der Waals surface area (Å²) in [5.74, 6) is -1.00. The van der Waals surface area contributed by atoms with Gasteiger partial charge in [0.1, 0.15) is 11.2 Å². The lowest BCUT2D eigenvalue weighted by Crippen LogP contribution is -2.41. The van der Waals surface area contributed by atoms with E-state index in [1.165, 1.54) is 24.3 Å². The SMILES string of the molecule is Cc1cccc(C(C)C)c1NC(=O)C(C)(C)C(=O)Nc1ccc(F)cc1. The predicted octanol–water partition coefficient (Wildman–Crippen LogP) is 4.86. The third kappa shape index (κ3) is 4.28. The summed E-state index contributed by atoms with van der Waals surface area (Å²) < 4.78 is 13.0. The molecule has 0 aliphatic rings. The van der Waals surface area contributed by atoms with E-state index >= 15 is 0 Å². The number of carbonyl (C=O) groups excluding carboxylic acids is 2. The number of carbonyl (C=O) groups is 2. The van der Waals surface area contributed by atoms with Gasteiger partial charge in [0.2, 0.25) is 11.8 Å². The van der Waals surface area contributed by atoms with Crippen molar-refractivity contribution in [1.82, 2.24) is 0 Å². The first-order valence-corrected chi connectivity index (χ1v) is 8.61. The van der Waals surface area contributed by atoms with Gasteiger partial charge in [-0.15, -0.1) is 0 Å². The van der Waals surface area contributed by atoms with E-state index in [4.69, 9.17) is 0 Å². The number of rotatable bonds is 5. The lowest BCUT2D eigenvalue weighted by Gasteiger charge is -2.25. The Bertz CT molecular complexity index is 811. The number of para-hydroxylation sites is 1. The highest BCUT2D eigenvalue weighted by atomic mass is 19.1. The Morgan fingerprint density at radius 1 is 0.962 bits per heavy atom. The van der Waals surface area contributed by atoms with Crippen molar-refractivity contribution < 1.29 is 14.0 Å². The molecule has 0 spiro atoms. The quantitative estimate of drug-likeness (QED) is 0.752. The molecule has 0 saturated heterocycles. The van der Waals surface area contributed by atoms with Crippen LogP contribution in [0.2, 0.25) is 0 Å². The molecule has 138 valence electrons. The van der Waals surface area contributed by atoms with Gasteiger partial charge in [-0.05, 0) is 62.1 Å². The van der Waals surface area contributed by atoms with Gasteiger partial charge in [-0.2, -0.15) is 0 Å². The minimum atomic E-state index is -1.30. The highest BCUT2D eigenvalue weighted by molar-refractivity contribution is 6.14. The third-order valence-corrected chi connectivity index (χ3v) is 4.40. The molecule has 2 aromatic rings. The Hall–Kier alpha value is -2.69. The molecule has 2 N–H and O–H groups in total. The molecule has 0 radical (unpaired) electrons. The van der Waals surface area contributed by atoms with Gasteiger partial charge in [-0.3, -0.25) is 9.59 Å². The topological polar surface area (TPSA) is 58.2 Å². The van der Waals surface area contributed by atoms with Crippen LogP contribution in [0.4, 0.5) is 15.8 Å². The van der Waals surface area contributed by atoms with Gasteiger partial charge in [-0.1, -0.05) is 32.0 Å². The predicted molar refractivity (Wildman–Crippen MR) is 103 cm³/mol. The minimum absolute atomic E-state index is 0.237. The fourth-order valence-corrected chi connectivity index (χ4v) is 2.54. The normalized spacial score (nSPS) is 11.3.